The molecule has 1 heterocycles. The smallest absolute Gasteiger partial charge is 0.414 e. The zero-order valence-corrected chi connectivity index (χ0v) is 8.65. The van der Waals surface area contributed by atoms with E-state index in [1.165, 1.54) is 4.90 Å². The van der Waals surface area contributed by atoms with E-state index in [0.717, 1.165) is 5.69 Å². The Morgan fingerprint density at radius 3 is 2.67 bits per heavy atom. The number of aliphatic hydroxyl groups excluding tert-OH is 1. The average molecular weight is 228 g/mol. The van der Waals surface area contributed by atoms with Gasteiger partial charge in [-0.05, 0) is 24.3 Å². The second kappa shape index (κ2) is 4.08. The summed E-state index contributed by atoms with van der Waals surface area (Å²) in [5, 5.41) is 9.48. The van der Waals surface area contributed by atoms with Crippen molar-refractivity contribution >= 4 is 23.4 Å². The van der Waals surface area contributed by atoms with Crippen molar-refractivity contribution in [3.63, 3.8) is 0 Å². The third kappa shape index (κ3) is 2.06. The van der Waals surface area contributed by atoms with Crippen LogP contribution >= 0.6 is 11.6 Å². The van der Waals surface area contributed by atoms with Crippen LogP contribution in [0.1, 0.15) is 0 Å². The lowest BCUT2D eigenvalue weighted by Crippen LogP contribution is -2.25. The van der Waals surface area contributed by atoms with Crippen LogP contribution in [-0.4, -0.2) is 30.5 Å². The summed E-state index contributed by atoms with van der Waals surface area (Å²) in [5.74, 6) is 0. The molecule has 0 aliphatic carbocycles. The highest BCUT2D eigenvalue weighted by Gasteiger charge is 2.31. The molecule has 0 aromatic heterocycles. The maximum Gasteiger partial charge on any atom is 0.414 e. The molecule has 1 unspecified atom stereocenters. The Morgan fingerprint density at radius 2 is 2.13 bits per heavy atom. The molecule has 2 rings (SSSR count). The number of cyclic esters (lactones) is 1. The molecule has 80 valence electrons. The lowest BCUT2D eigenvalue weighted by Gasteiger charge is -2.12. The van der Waals surface area contributed by atoms with Crippen molar-refractivity contribution in [1.29, 1.82) is 0 Å². The predicted molar refractivity (Wildman–Crippen MR) is 56.2 cm³/mol. The highest BCUT2D eigenvalue weighted by molar-refractivity contribution is 6.30. The van der Waals surface area contributed by atoms with Gasteiger partial charge in [0.15, 0.2) is 0 Å². The number of carbonyl (C=O) groups excluding carboxylic acids is 1. The zero-order chi connectivity index (χ0) is 10.8. The van der Waals surface area contributed by atoms with Crippen molar-refractivity contribution in [3.05, 3.63) is 29.3 Å². The number of ether oxygens (including phenoxy) is 1. The number of anilines is 1. The quantitative estimate of drug-likeness (QED) is 0.836. The third-order valence-corrected chi connectivity index (χ3v) is 2.47. The minimum absolute atomic E-state index is 0.157. The molecule has 1 aliphatic heterocycles. The van der Waals surface area contributed by atoms with Crippen molar-refractivity contribution in [2.75, 3.05) is 18.1 Å². The minimum atomic E-state index is -0.437. The van der Waals surface area contributed by atoms with Crippen LogP contribution in [0.4, 0.5) is 10.5 Å². The van der Waals surface area contributed by atoms with Gasteiger partial charge >= 0.3 is 6.09 Å². The summed E-state index contributed by atoms with van der Waals surface area (Å²) in [6.45, 7) is 0.215. The SMILES string of the molecule is O=C1OC(CO)CN1c1ccc(Cl)cc1. The number of nitrogens with zero attached hydrogens (tertiary/aromatic N) is 1. The summed E-state index contributed by atoms with van der Waals surface area (Å²) in [6, 6.07) is 6.89. The van der Waals surface area contributed by atoms with Crippen LogP contribution in [0.15, 0.2) is 24.3 Å². The average Bonchev–Trinajstić information content (AvgIpc) is 2.61. The maximum absolute atomic E-state index is 11.4. The van der Waals surface area contributed by atoms with Crippen molar-refractivity contribution in [2.24, 2.45) is 0 Å². The second-order valence-corrected chi connectivity index (χ2v) is 3.71. The maximum atomic E-state index is 11.4. The highest BCUT2D eigenvalue weighted by Crippen LogP contribution is 2.22. The third-order valence-electron chi connectivity index (χ3n) is 2.22. The van der Waals surface area contributed by atoms with Crippen LogP contribution in [0.2, 0.25) is 5.02 Å². The monoisotopic (exact) mass is 227 g/mol. The van der Waals surface area contributed by atoms with E-state index >= 15 is 0 Å². The summed E-state index contributed by atoms with van der Waals surface area (Å²) in [4.78, 5) is 12.9. The van der Waals surface area contributed by atoms with Gasteiger partial charge in [-0.15, -0.1) is 0 Å². The van der Waals surface area contributed by atoms with E-state index in [9.17, 15) is 4.79 Å². The molecule has 15 heavy (non-hydrogen) atoms. The molecule has 1 aromatic carbocycles. The van der Waals surface area contributed by atoms with Crippen LogP contribution in [0.25, 0.3) is 0 Å². The Labute approximate surface area is 92.0 Å². The Hall–Kier alpha value is -1.26. The van der Waals surface area contributed by atoms with E-state index in [1.54, 1.807) is 24.3 Å². The molecule has 1 atom stereocenters. The molecular formula is C10H10ClNO3. The number of hydrogen-bond donors (Lipinski definition) is 1. The Morgan fingerprint density at radius 1 is 1.47 bits per heavy atom. The molecule has 1 amide bonds. The van der Waals surface area contributed by atoms with Gasteiger partial charge in [0, 0.05) is 10.7 Å². The number of amides is 1. The molecule has 1 fully saturated rings. The first-order valence-electron chi connectivity index (χ1n) is 4.55. The van der Waals surface area contributed by atoms with Gasteiger partial charge in [0.25, 0.3) is 0 Å². The van der Waals surface area contributed by atoms with Crippen LogP contribution in [0.3, 0.4) is 0 Å². The molecule has 0 radical (unpaired) electrons. The fourth-order valence-electron chi connectivity index (χ4n) is 1.45. The summed E-state index contributed by atoms with van der Waals surface area (Å²) in [6.07, 6.45) is -0.871. The zero-order valence-electron chi connectivity index (χ0n) is 7.89. The standard InChI is InChI=1S/C10H10ClNO3/c11-7-1-3-8(4-2-7)12-5-9(6-13)15-10(12)14/h1-4,9,13H,5-6H2. The van der Waals surface area contributed by atoms with Crippen molar-refractivity contribution in [1.82, 2.24) is 0 Å². The fraction of sp³-hybridized carbons (Fsp3) is 0.300. The highest BCUT2D eigenvalue weighted by atomic mass is 35.5. The Kier molecular flexibility index (Phi) is 2.79. The first kappa shape index (κ1) is 10.3. The number of aliphatic hydroxyl groups is 1. The lowest BCUT2D eigenvalue weighted by molar-refractivity contribution is 0.0963. The van der Waals surface area contributed by atoms with Crippen LogP contribution < -0.4 is 4.90 Å². The molecule has 0 saturated carbocycles. The predicted octanol–water partition coefficient (Wildman–Crippen LogP) is 1.66. The van der Waals surface area contributed by atoms with Gasteiger partial charge in [0.1, 0.15) is 6.10 Å². The molecule has 1 N–H and O–H groups in total. The van der Waals surface area contributed by atoms with Gasteiger partial charge in [0.05, 0.1) is 13.2 Å². The normalized spacial score (nSPS) is 20.5. The fourth-order valence-corrected chi connectivity index (χ4v) is 1.57. The van der Waals surface area contributed by atoms with E-state index in [-0.39, 0.29) is 6.61 Å². The second-order valence-electron chi connectivity index (χ2n) is 3.28. The Balaban J connectivity index is 2.18. The van der Waals surface area contributed by atoms with E-state index in [1.807, 2.05) is 0 Å². The van der Waals surface area contributed by atoms with E-state index in [4.69, 9.17) is 21.4 Å². The Bertz CT molecular complexity index is 365. The van der Waals surface area contributed by atoms with Gasteiger partial charge in [-0.2, -0.15) is 0 Å². The topological polar surface area (TPSA) is 49.8 Å². The summed E-state index contributed by atoms with van der Waals surface area (Å²) < 4.78 is 4.91. The number of hydrogen-bond acceptors (Lipinski definition) is 3. The molecule has 4 nitrogen and oxygen atoms in total. The summed E-state index contributed by atoms with van der Waals surface area (Å²) in [5.41, 5.74) is 0.723. The summed E-state index contributed by atoms with van der Waals surface area (Å²) >= 11 is 5.74. The van der Waals surface area contributed by atoms with Crippen LogP contribution in [0, 0.1) is 0 Å². The van der Waals surface area contributed by atoms with Crippen molar-refractivity contribution in [2.45, 2.75) is 6.10 Å². The van der Waals surface area contributed by atoms with E-state index < -0.39 is 12.2 Å². The molecular weight excluding hydrogens is 218 g/mol. The molecule has 0 bridgehead atoms. The van der Waals surface area contributed by atoms with Gasteiger partial charge in [-0.25, -0.2) is 4.79 Å². The number of carbonyl (C=O) groups is 1. The molecule has 0 spiro atoms. The number of halogens is 1. The molecule has 1 saturated heterocycles. The first-order valence-corrected chi connectivity index (χ1v) is 4.93. The molecule has 1 aromatic rings. The largest absolute Gasteiger partial charge is 0.441 e. The number of benzene rings is 1. The number of rotatable bonds is 2. The van der Waals surface area contributed by atoms with Crippen LogP contribution in [0.5, 0.6) is 0 Å². The minimum Gasteiger partial charge on any atom is -0.441 e. The van der Waals surface area contributed by atoms with Crippen LogP contribution in [-0.2, 0) is 4.74 Å². The molecule has 5 heteroatoms. The van der Waals surface area contributed by atoms with E-state index in [2.05, 4.69) is 0 Å². The molecule has 1 aliphatic rings. The van der Waals surface area contributed by atoms with Gasteiger partial charge in [-0.1, -0.05) is 11.6 Å². The first-order chi connectivity index (χ1) is 7.20. The van der Waals surface area contributed by atoms with Gasteiger partial charge in [0.2, 0.25) is 0 Å². The summed E-state index contributed by atoms with van der Waals surface area (Å²) in [7, 11) is 0. The van der Waals surface area contributed by atoms with E-state index in [0.29, 0.717) is 11.6 Å². The van der Waals surface area contributed by atoms with Crippen molar-refractivity contribution < 1.29 is 14.6 Å². The van der Waals surface area contributed by atoms with Crippen molar-refractivity contribution in [3.8, 4) is 0 Å². The lowest BCUT2D eigenvalue weighted by atomic mass is 10.3. The van der Waals surface area contributed by atoms with Gasteiger partial charge < -0.3 is 9.84 Å². The van der Waals surface area contributed by atoms with Gasteiger partial charge in [-0.3, -0.25) is 4.90 Å².